The number of rotatable bonds is 7. The summed E-state index contributed by atoms with van der Waals surface area (Å²) >= 11 is 5.94. The maximum absolute atomic E-state index is 13.1. The zero-order valence-electron chi connectivity index (χ0n) is 19.8. The number of carbonyl (C=O) groups is 1. The molecule has 1 heterocycles. The molecule has 0 aliphatic heterocycles. The zero-order valence-corrected chi connectivity index (χ0v) is 20.6. The van der Waals surface area contributed by atoms with E-state index in [1.807, 2.05) is 73.7 Å². The van der Waals surface area contributed by atoms with E-state index in [4.69, 9.17) is 21.1 Å². The van der Waals surface area contributed by atoms with Gasteiger partial charge in [-0.15, -0.1) is 0 Å². The molecular formula is C29H24ClN3O3. The summed E-state index contributed by atoms with van der Waals surface area (Å²) in [6.07, 6.45) is 0. The van der Waals surface area contributed by atoms with Crippen molar-refractivity contribution in [1.82, 2.24) is 9.97 Å². The van der Waals surface area contributed by atoms with Gasteiger partial charge >= 0.3 is 0 Å². The Morgan fingerprint density at radius 3 is 2.56 bits per heavy atom. The van der Waals surface area contributed by atoms with Crippen LogP contribution in [0.25, 0.3) is 22.4 Å². The monoisotopic (exact) mass is 497 g/mol. The minimum Gasteiger partial charge on any atom is -0.493 e. The van der Waals surface area contributed by atoms with E-state index in [-0.39, 0.29) is 5.91 Å². The van der Waals surface area contributed by atoms with Crippen LogP contribution in [0.3, 0.4) is 0 Å². The number of carbonyl (C=O) groups excluding carboxylic acids is 1. The number of amides is 1. The molecule has 0 spiro atoms. The van der Waals surface area contributed by atoms with Crippen molar-refractivity contribution in [2.75, 3.05) is 12.4 Å². The Morgan fingerprint density at radius 1 is 0.972 bits per heavy atom. The lowest BCUT2D eigenvalue weighted by Gasteiger charge is -2.13. The predicted octanol–water partition coefficient (Wildman–Crippen LogP) is 7.03. The second-order valence-corrected chi connectivity index (χ2v) is 8.80. The fourth-order valence-electron chi connectivity index (χ4n) is 3.86. The highest BCUT2D eigenvalue weighted by atomic mass is 35.5. The number of methoxy groups -OCH3 is 1. The Balaban J connectivity index is 1.33. The van der Waals surface area contributed by atoms with Gasteiger partial charge in [-0.1, -0.05) is 48.0 Å². The lowest BCUT2D eigenvalue weighted by atomic mass is 10.1. The van der Waals surface area contributed by atoms with Crippen LogP contribution in [-0.4, -0.2) is 23.0 Å². The third-order valence-electron chi connectivity index (χ3n) is 5.88. The average molecular weight is 498 g/mol. The molecular weight excluding hydrogens is 474 g/mol. The molecule has 0 aliphatic rings. The first-order chi connectivity index (χ1) is 17.5. The number of para-hydroxylation sites is 2. The van der Waals surface area contributed by atoms with Gasteiger partial charge < -0.3 is 19.8 Å². The van der Waals surface area contributed by atoms with Crippen LogP contribution in [0, 0.1) is 6.92 Å². The van der Waals surface area contributed by atoms with Crippen molar-refractivity contribution in [3.63, 3.8) is 0 Å². The standard InChI is InChI=1S/C29H24ClN3O3/c1-18-7-10-20(28-31-23-5-3-4-6-24(23)32-28)15-25(18)33-29(34)21-11-14-26(27(16-21)35-2)36-17-19-8-12-22(30)13-9-19/h3-16H,17H2,1-2H3,(H,31,32)(H,33,34). The number of aryl methyl sites for hydroxylation is 1. The number of aromatic nitrogens is 2. The second-order valence-electron chi connectivity index (χ2n) is 8.37. The van der Waals surface area contributed by atoms with Gasteiger partial charge in [0, 0.05) is 21.8 Å². The molecule has 5 rings (SSSR count). The molecule has 0 radical (unpaired) electrons. The molecule has 0 unspecified atom stereocenters. The van der Waals surface area contributed by atoms with Crippen LogP contribution in [-0.2, 0) is 6.61 Å². The van der Waals surface area contributed by atoms with Gasteiger partial charge in [0.15, 0.2) is 11.5 Å². The maximum atomic E-state index is 13.1. The van der Waals surface area contributed by atoms with E-state index >= 15 is 0 Å². The van der Waals surface area contributed by atoms with Crippen LogP contribution in [0.4, 0.5) is 5.69 Å². The third-order valence-corrected chi connectivity index (χ3v) is 6.13. The normalized spacial score (nSPS) is 10.9. The molecule has 1 aromatic heterocycles. The lowest BCUT2D eigenvalue weighted by Crippen LogP contribution is -2.13. The van der Waals surface area contributed by atoms with Gasteiger partial charge in [0.05, 0.1) is 18.1 Å². The largest absolute Gasteiger partial charge is 0.493 e. The topological polar surface area (TPSA) is 76.2 Å². The Bertz CT molecular complexity index is 1510. The van der Waals surface area contributed by atoms with E-state index in [0.29, 0.717) is 34.4 Å². The summed E-state index contributed by atoms with van der Waals surface area (Å²) in [5.41, 5.74) is 5.82. The van der Waals surface area contributed by atoms with Crippen LogP contribution in [0.1, 0.15) is 21.5 Å². The van der Waals surface area contributed by atoms with Crippen molar-refractivity contribution >= 4 is 34.2 Å². The van der Waals surface area contributed by atoms with Gasteiger partial charge in [-0.25, -0.2) is 4.98 Å². The number of ether oxygens (including phenoxy) is 2. The molecule has 7 heteroatoms. The molecule has 0 aliphatic carbocycles. The number of H-pyrrole nitrogens is 1. The van der Waals surface area contributed by atoms with Gasteiger partial charge in [-0.2, -0.15) is 0 Å². The first-order valence-electron chi connectivity index (χ1n) is 11.4. The number of fused-ring (bicyclic) bond motifs is 1. The van der Waals surface area contributed by atoms with Gasteiger partial charge in [0.1, 0.15) is 12.4 Å². The summed E-state index contributed by atoms with van der Waals surface area (Å²) in [7, 11) is 1.55. The Hall–Kier alpha value is -4.29. The fourth-order valence-corrected chi connectivity index (χ4v) is 3.98. The van der Waals surface area contributed by atoms with E-state index in [0.717, 1.165) is 33.5 Å². The molecule has 5 aromatic rings. The predicted molar refractivity (Wildman–Crippen MR) is 143 cm³/mol. The number of hydrogen-bond donors (Lipinski definition) is 2. The number of nitrogens with zero attached hydrogens (tertiary/aromatic N) is 1. The van der Waals surface area contributed by atoms with Gasteiger partial charge in [-0.3, -0.25) is 4.79 Å². The first kappa shape index (κ1) is 23.5. The molecule has 1 amide bonds. The van der Waals surface area contributed by atoms with E-state index in [1.54, 1.807) is 25.3 Å². The highest BCUT2D eigenvalue weighted by Crippen LogP contribution is 2.30. The Labute approximate surface area is 213 Å². The van der Waals surface area contributed by atoms with E-state index in [1.165, 1.54) is 0 Å². The number of benzene rings is 4. The molecule has 0 fully saturated rings. The molecule has 180 valence electrons. The SMILES string of the molecule is COc1cc(C(=O)Nc2cc(-c3nc4ccccc4[nH]3)ccc2C)ccc1OCc1ccc(Cl)cc1. The summed E-state index contributed by atoms with van der Waals surface area (Å²) in [5, 5.41) is 3.69. The number of nitrogens with one attached hydrogen (secondary N) is 2. The number of halogens is 1. The van der Waals surface area contributed by atoms with Crippen LogP contribution in [0.2, 0.25) is 5.02 Å². The van der Waals surface area contributed by atoms with Crippen molar-refractivity contribution in [2.24, 2.45) is 0 Å². The summed E-state index contributed by atoms with van der Waals surface area (Å²) in [6, 6.07) is 26.3. The van der Waals surface area contributed by atoms with E-state index in [9.17, 15) is 4.79 Å². The first-order valence-corrected chi connectivity index (χ1v) is 11.8. The van der Waals surface area contributed by atoms with Crippen LogP contribution < -0.4 is 14.8 Å². The van der Waals surface area contributed by atoms with Crippen molar-refractivity contribution in [2.45, 2.75) is 13.5 Å². The number of imidazole rings is 1. The molecule has 2 N–H and O–H groups in total. The molecule has 0 saturated carbocycles. The van der Waals surface area contributed by atoms with Crippen molar-refractivity contribution in [3.05, 3.63) is 107 Å². The highest BCUT2D eigenvalue weighted by molar-refractivity contribution is 6.30. The summed E-state index contributed by atoms with van der Waals surface area (Å²) in [5.74, 6) is 1.52. The van der Waals surface area contributed by atoms with E-state index < -0.39 is 0 Å². The highest BCUT2D eigenvalue weighted by Gasteiger charge is 2.14. The minimum absolute atomic E-state index is 0.248. The summed E-state index contributed by atoms with van der Waals surface area (Å²) in [4.78, 5) is 21.1. The quantitative estimate of drug-likeness (QED) is 0.253. The van der Waals surface area contributed by atoms with Gasteiger partial charge in [-0.05, 0) is 66.6 Å². The lowest BCUT2D eigenvalue weighted by molar-refractivity contribution is 0.102. The smallest absolute Gasteiger partial charge is 0.255 e. The Kier molecular flexibility index (Phi) is 6.60. The number of hydrogen-bond acceptors (Lipinski definition) is 4. The maximum Gasteiger partial charge on any atom is 0.255 e. The minimum atomic E-state index is -0.248. The van der Waals surface area contributed by atoms with Crippen LogP contribution in [0.15, 0.2) is 84.9 Å². The Morgan fingerprint density at radius 2 is 1.78 bits per heavy atom. The van der Waals surface area contributed by atoms with Gasteiger partial charge in [0.2, 0.25) is 0 Å². The van der Waals surface area contributed by atoms with E-state index in [2.05, 4.69) is 15.3 Å². The molecule has 4 aromatic carbocycles. The van der Waals surface area contributed by atoms with Crippen LogP contribution >= 0.6 is 11.6 Å². The molecule has 0 bridgehead atoms. The fraction of sp³-hybridized carbons (Fsp3) is 0.103. The third kappa shape index (κ3) is 5.04. The molecule has 36 heavy (non-hydrogen) atoms. The molecule has 0 saturated heterocycles. The molecule has 6 nitrogen and oxygen atoms in total. The zero-order chi connectivity index (χ0) is 25.1. The second kappa shape index (κ2) is 10.1. The van der Waals surface area contributed by atoms with Crippen molar-refractivity contribution in [3.8, 4) is 22.9 Å². The van der Waals surface area contributed by atoms with Crippen molar-refractivity contribution < 1.29 is 14.3 Å². The average Bonchev–Trinajstić information content (AvgIpc) is 3.34. The number of anilines is 1. The van der Waals surface area contributed by atoms with Gasteiger partial charge in [0.25, 0.3) is 5.91 Å². The summed E-state index contributed by atoms with van der Waals surface area (Å²) < 4.78 is 11.4. The number of aromatic amines is 1. The summed E-state index contributed by atoms with van der Waals surface area (Å²) in [6.45, 7) is 2.30. The van der Waals surface area contributed by atoms with Crippen molar-refractivity contribution in [1.29, 1.82) is 0 Å². The molecule has 0 atom stereocenters. The van der Waals surface area contributed by atoms with Crippen LogP contribution in [0.5, 0.6) is 11.5 Å².